The van der Waals surface area contributed by atoms with Crippen LogP contribution in [0.4, 0.5) is 0 Å². The Hall–Kier alpha value is -1.57. The number of ether oxygens (including phenoxy) is 1. The molecule has 0 aliphatic rings. The number of rotatable bonds is 5. The second kappa shape index (κ2) is 6.02. The van der Waals surface area contributed by atoms with Crippen LogP contribution in [0.25, 0.3) is 6.08 Å². The average Bonchev–Trinajstić information content (AvgIpc) is 2.27. The molecule has 2 heteroatoms. The van der Waals surface area contributed by atoms with E-state index in [2.05, 4.69) is 6.08 Å². The Morgan fingerprint density at radius 2 is 2.00 bits per heavy atom. The van der Waals surface area contributed by atoms with Crippen molar-refractivity contribution in [1.29, 1.82) is 0 Å². The van der Waals surface area contributed by atoms with Gasteiger partial charge in [0.2, 0.25) is 0 Å². The first-order chi connectivity index (χ1) is 7.26. The van der Waals surface area contributed by atoms with Crippen LogP contribution >= 0.6 is 0 Å². The summed E-state index contributed by atoms with van der Waals surface area (Å²) in [4.78, 5) is 10.2. The lowest BCUT2D eigenvalue weighted by Crippen LogP contribution is -1.83. The van der Waals surface area contributed by atoms with Crippen molar-refractivity contribution in [2.24, 2.45) is 0 Å². The van der Waals surface area contributed by atoms with Gasteiger partial charge in [0.1, 0.15) is 12.0 Å². The molecule has 0 heterocycles. The van der Waals surface area contributed by atoms with E-state index in [4.69, 9.17) is 4.74 Å². The molecule has 0 aliphatic carbocycles. The third kappa shape index (κ3) is 3.98. The monoisotopic (exact) mass is 204 g/mol. The molecule has 15 heavy (non-hydrogen) atoms. The summed E-state index contributed by atoms with van der Waals surface area (Å²) in [5.74, 6) is 0.859. The SMILES string of the molecule is COc1ccc(C=C(C)CCC=O)cc1. The summed E-state index contributed by atoms with van der Waals surface area (Å²) in [6.45, 7) is 2.04. The van der Waals surface area contributed by atoms with Crippen molar-refractivity contribution in [1.82, 2.24) is 0 Å². The first-order valence-corrected chi connectivity index (χ1v) is 5.01. The van der Waals surface area contributed by atoms with Crippen LogP contribution in [0.5, 0.6) is 5.75 Å². The molecule has 1 rings (SSSR count). The van der Waals surface area contributed by atoms with Crippen molar-refractivity contribution in [3.05, 3.63) is 35.4 Å². The summed E-state index contributed by atoms with van der Waals surface area (Å²) in [6.07, 6.45) is 4.46. The predicted octanol–water partition coefficient (Wildman–Crippen LogP) is 3.08. The first kappa shape index (κ1) is 11.5. The fourth-order valence-electron chi connectivity index (χ4n) is 1.34. The normalized spacial score (nSPS) is 11.2. The fraction of sp³-hybridized carbons (Fsp3) is 0.308. The molecular formula is C13H16O2. The highest BCUT2D eigenvalue weighted by Gasteiger charge is 1.93. The molecule has 0 N–H and O–H groups in total. The summed E-state index contributed by atoms with van der Waals surface area (Å²) in [5, 5.41) is 0. The van der Waals surface area contributed by atoms with Crippen LogP contribution in [0, 0.1) is 0 Å². The molecule has 1 aromatic carbocycles. The molecule has 0 saturated heterocycles. The Morgan fingerprint density at radius 1 is 1.33 bits per heavy atom. The largest absolute Gasteiger partial charge is 0.497 e. The van der Waals surface area contributed by atoms with E-state index >= 15 is 0 Å². The molecule has 0 unspecified atom stereocenters. The van der Waals surface area contributed by atoms with E-state index in [0.29, 0.717) is 6.42 Å². The maximum absolute atomic E-state index is 10.2. The van der Waals surface area contributed by atoms with Gasteiger partial charge >= 0.3 is 0 Å². The van der Waals surface area contributed by atoms with Crippen LogP contribution in [-0.2, 0) is 4.79 Å². The molecule has 0 fully saturated rings. The van der Waals surface area contributed by atoms with Gasteiger partial charge in [-0.15, -0.1) is 0 Å². The molecular weight excluding hydrogens is 188 g/mol. The van der Waals surface area contributed by atoms with Gasteiger partial charge in [0.05, 0.1) is 7.11 Å². The van der Waals surface area contributed by atoms with Crippen LogP contribution in [0.15, 0.2) is 29.8 Å². The van der Waals surface area contributed by atoms with Crippen molar-refractivity contribution in [2.45, 2.75) is 19.8 Å². The molecule has 0 amide bonds. The zero-order valence-corrected chi connectivity index (χ0v) is 9.19. The van der Waals surface area contributed by atoms with E-state index in [1.54, 1.807) is 7.11 Å². The standard InChI is InChI=1S/C13H16O2/c1-11(4-3-9-14)10-12-5-7-13(15-2)8-6-12/h5-10H,3-4H2,1-2H3. The zero-order chi connectivity index (χ0) is 11.1. The lowest BCUT2D eigenvalue weighted by Gasteiger charge is -2.01. The van der Waals surface area contributed by atoms with Gasteiger partial charge in [0, 0.05) is 6.42 Å². The van der Waals surface area contributed by atoms with E-state index in [1.165, 1.54) is 5.57 Å². The van der Waals surface area contributed by atoms with Gasteiger partial charge in [0.25, 0.3) is 0 Å². The van der Waals surface area contributed by atoms with Gasteiger partial charge in [-0.25, -0.2) is 0 Å². The smallest absolute Gasteiger partial charge is 0.120 e. The van der Waals surface area contributed by atoms with Gasteiger partial charge in [-0.2, -0.15) is 0 Å². The molecule has 0 atom stereocenters. The number of aldehydes is 1. The minimum atomic E-state index is 0.596. The predicted molar refractivity (Wildman–Crippen MR) is 61.9 cm³/mol. The highest BCUT2D eigenvalue weighted by molar-refractivity contribution is 5.55. The van der Waals surface area contributed by atoms with Crippen LogP contribution < -0.4 is 4.74 Å². The van der Waals surface area contributed by atoms with Crippen LogP contribution in [-0.4, -0.2) is 13.4 Å². The zero-order valence-electron chi connectivity index (χ0n) is 9.19. The minimum absolute atomic E-state index is 0.596. The van der Waals surface area contributed by atoms with Gasteiger partial charge in [-0.05, 0) is 31.0 Å². The third-order valence-electron chi connectivity index (χ3n) is 2.19. The number of methoxy groups -OCH3 is 1. The van der Waals surface area contributed by atoms with Crippen molar-refractivity contribution < 1.29 is 9.53 Å². The summed E-state index contributed by atoms with van der Waals surface area (Å²) < 4.78 is 5.07. The van der Waals surface area contributed by atoms with E-state index in [-0.39, 0.29) is 0 Å². The Morgan fingerprint density at radius 3 is 2.53 bits per heavy atom. The highest BCUT2D eigenvalue weighted by Crippen LogP contribution is 2.15. The van der Waals surface area contributed by atoms with Crippen molar-refractivity contribution >= 4 is 12.4 Å². The van der Waals surface area contributed by atoms with E-state index in [9.17, 15) is 4.79 Å². The maximum atomic E-state index is 10.2. The van der Waals surface area contributed by atoms with Crippen LogP contribution in [0.2, 0.25) is 0 Å². The van der Waals surface area contributed by atoms with Crippen molar-refractivity contribution in [3.63, 3.8) is 0 Å². The Kier molecular flexibility index (Phi) is 4.61. The molecule has 0 aromatic heterocycles. The molecule has 1 aromatic rings. The molecule has 0 bridgehead atoms. The lowest BCUT2D eigenvalue weighted by molar-refractivity contribution is -0.107. The first-order valence-electron chi connectivity index (χ1n) is 5.01. The van der Waals surface area contributed by atoms with Crippen LogP contribution in [0.1, 0.15) is 25.3 Å². The molecule has 2 nitrogen and oxygen atoms in total. The van der Waals surface area contributed by atoms with Gasteiger partial charge in [-0.3, -0.25) is 0 Å². The van der Waals surface area contributed by atoms with Gasteiger partial charge < -0.3 is 9.53 Å². The van der Waals surface area contributed by atoms with Gasteiger partial charge in [0.15, 0.2) is 0 Å². The summed E-state index contributed by atoms with van der Waals surface area (Å²) in [7, 11) is 1.65. The number of carbonyl (C=O) groups excluding carboxylic acids is 1. The quantitative estimate of drug-likeness (QED) is 0.689. The maximum Gasteiger partial charge on any atom is 0.120 e. The van der Waals surface area contributed by atoms with Gasteiger partial charge in [-0.1, -0.05) is 23.8 Å². The number of benzene rings is 1. The topological polar surface area (TPSA) is 26.3 Å². The van der Waals surface area contributed by atoms with Crippen LogP contribution in [0.3, 0.4) is 0 Å². The second-order valence-electron chi connectivity index (χ2n) is 3.47. The Balaban J connectivity index is 2.66. The van der Waals surface area contributed by atoms with E-state index < -0.39 is 0 Å². The Bertz CT molecular complexity index is 336. The van der Waals surface area contributed by atoms with Crippen molar-refractivity contribution in [3.8, 4) is 5.75 Å². The molecule has 0 spiro atoms. The number of hydrogen-bond donors (Lipinski definition) is 0. The lowest BCUT2D eigenvalue weighted by atomic mass is 10.1. The highest BCUT2D eigenvalue weighted by atomic mass is 16.5. The third-order valence-corrected chi connectivity index (χ3v) is 2.19. The fourth-order valence-corrected chi connectivity index (χ4v) is 1.34. The molecule has 0 saturated carbocycles. The molecule has 80 valence electrons. The summed E-state index contributed by atoms with van der Waals surface area (Å²) in [5.41, 5.74) is 2.35. The average molecular weight is 204 g/mol. The minimum Gasteiger partial charge on any atom is -0.497 e. The Labute approximate surface area is 90.6 Å². The molecule has 0 radical (unpaired) electrons. The molecule has 0 aliphatic heterocycles. The summed E-state index contributed by atoms with van der Waals surface area (Å²) >= 11 is 0. The number of hydrogen-bond acceptors (Lipinski definition) is 2. The number of carbonyl (C=O) groups is 1. The summed E-state index contributed by atoms with van der Waals surface area (Å²) in [6, 6.07) is 7.87. The van der Waals surface area contributed by atoms with E-state index in [1.807, 2.05) is 31.2 Å². The number of allylic oxidation sites excluding steroid dienone is 1. The van der Waals surface area contributed by atoms with E-state index in [0.717, 1.165) is 24.0 Å². The second-order valence-corrected chi connectivity index (χ2v) is 3.47. The van der Waals surface area contributed by atoms with Crippen molar-refractivity contribution in [2.75, 3.05) is 7.11 Å².